The quantitative estimate of drug-likeness (QED) is 0.425. The zero-order chi connectivity index (χ0) is 18.9. The molecule has 1 aromatic rings. The average molecular weight is 424 g/mol. The van der Waals surface area contributed by atoms with Crippen molar-refractivity contribution in [3.8, 4) is 0 Å². The van der Waals surface area contributed by atoms with Crippen molar-refractivity contribution in [2.75, 3.05) is 18.5 Å². The lowest BCUT2D eigenvalue weighted by Crippen LogP contribution is -2.34. The molecule has 0 unspecified atom stereocenters. The molecule has 1 aliphatic heterocycles. The zero-order valence-electron chi connectivity index (χ0n) is 12.1. The number of amides is 2. The molecule has 0 fully saturated rings. The molecule has 0 aliphatic carbocycles. The molecule has 0 aromatic heterocycles. The largest absolute Gasteiger partial charge is 0.418 e. The van der Waals surface area contributed by atoms with Crippen LogP contribution in [0.1, 0.15) is 5.56 Å². The van der Waals surface area contributed by atoms with Gasteiger partial charge in [0.2, 0.25) is 0 Å². The van der Waals surface area contributed by atoms with Crippen LogP contribution in [0.15, 0.2) is 28.4 Å². The van der Waals surface area contributed by atoms with Crippen LogP contribution in [0.5, 0.6) is 0 Å². The Balaban J connectivity index is 2.53. The summed E-state index contributed by atoms with van der Waals surface area (Å²) in [6.45, 7) is -0.890. The minimum atomic E-state index is -4.95. The van der Waals surface area contributed by atoms with Crippen LogP contribution in [-0.2, 0) is 15.8 Å². The number of aliphatic hydroxyl groups excluding tert-OH is 1. The van der Waals surface area contributed by atoms with E-state index in [4.69, 9.17) is 5.11 Å². The molecule has 134 valence electrons. The highest BCUT2D eigenvalue weighted by molar-refractivity contribution is 9.10. The Kier molecular flexibility index (Phi) is 5.13. The second-order valence-corrected chi connectivity index (χ2v) is 5.72. The van der Waals surface area contributed by atoms with Gasteiger partial charge in [0.05, 0.1) is 23.6 Å². The fourth-order valence-corrected chi connectivity index (χ4v) is 2.58. The maximum atomic E-state index is 13.2. The fraction of sp³-hybridized carbons (Fsp3) is 0.231. The van der Waals surface area contributed by atoms with Gasteiger partial charge in [0.1, 0.15) is 11.4 Å². The standard InChI is InChI=1S/C13H9BrF3N3O5/c14-6-3-7(13(15,16)17)11(9(4-6)20(24)25)18-8-5-10(22)19(1-2-21)12(8)23/h3-5,18,21H,1-2H2. The van der Waals surface area contributed by atoms with Crippen LogP contribution in [0.25, 0.3) is 0 Å². The molecule has 0 saturated heterocycles. The number of nitrogens with zero attached hydrogens (tertiary/aromatic N) is 2. The van der Waals surface area contributed by atoms with E-state index in [-0.39, 0.29) is 11.0 Å². The molecule has 0 atom stereocenters. The lowest BCUT2D eigenvalue weighted by Gasteiger charge is -2.17. The minimum Gasteiger partial charge on any atom is -0.395 e. The SMILES string of the molecule is O=C1C=C(Nc2c([N+](=O)[O-])cc(Br)cc2C(F)(F)F)C(=O)N1CCO. The van der Waals surface area contributed by atoms with Crippen LogP contribution in [0, 0.1) is 10.1 Å². The van der Waals surface area contributed by atoms with Crippen LogP contribution in [-0.4, -0.2) is 39.9 Å². The predicted octanol–water partition coefficient (Wildman–Crippen LogP) is 2.03. The second-order valence-electron chi connectivity index (χ2n) is 4.80. The summed E-state index contributed by atoms with van der Waals surface area (Å²) < 4.78 is 39.5. The summed E-state index contributed by atoms with van der Waals surface area (Å²) in [5, 5.41) is 22.0. The first-order chi connectivity index (χ1) is 11.6. The molecule has 2 amide bonds. The first-order valence-electron chi connectivity index (χ1n) is 6.56. The Morgan fingerprint density at radius 3 is 2.48 bits per heavy atom. The topological polar surface area (TPSA) is 113 Å². The van der Waals surface area contributed by atoms with Crippen molar-refractivity contribution in [1.29, 1.82) is 0 Å². The number of β-amino-alcohol motifs (C(OH)–C–C–N with tert-alkyl or cyclic N) is 1. The first-order valence-corrected chi connectivity index (χ1v) is 7.36. The number of alkyl halides is 3. The summed E-state index contributed by atoms with van der Waals surface area (Å²) >= 11 is 2.77. The number of nitrogens with one attached hydrogen (secondary N) is 1. The number of imide groups is 1. The normalized spacial score (nSPS) is 14.8. The van der Waals surface area contributed by atoms with E-state index in [2.05, 4.69) is 15.9 Å². The van der Waals surface area contributed by atoms with Gasteiger partial charge in [-0.25, -0.2) is 0 Å². The van der Waals surface area contributed by atoms with Gasteiger partial charge in [-0.1, -0.05) is 15.9 Å². The van der Waals surface area contributed by atoms with Crippen LogP contribution in [0.4, 0.5) is 24.5 Å². The molecule has 8 nitrogen and oxygen atoms in total. The summed E-state index contributed by atoms with van der Waals surface area (Å²) in [7, 11) is 0. The average Bonchev–Trinajstić information content (AvgIpc) is 2.75. The molecule has 0 bridgehead atoms. The number of nitro groups is 1. The van der Waals surface area contributed by atoms with Gasteiger partial charge in [0.25, 0.3) is 17.5 Å². The number of halogens is 4. The van der Waals surface area contributed by atoms with Crippen molar-refractivity contribution in [2.24, 2.45) is 0 Å². The third kappa shape index (κ3) is 3.79. The highest BCUT2D eigenvalue weighted by atomic mass is 79.9. The predicted molar refractivity (Wildman–Crippen MR) is 81.3 cm³/mol. The van der Waals surface area contributed by atoms with Crippen molar-refractivity contribution in [1.82, 2.24) is 4.90 Å². The van der Waals surface area contributed by atoms with Crippen molar-refractivity contribution >= 4 is 39.1 Å². The smallest absolute Gasteiger partial charge is 0.395 e. The van der Waals surface area contributed by atoms with Gasteiger partial charge >= 0.3 is 6.18 Å². The second kappa shape index (κ2) is 6.80. The van der Waals surface area contributed by atoms with Crippen molar-refractivity contribution < 1.29 is 32.8 Å². The van der Waals surface area contributed by atoms with Crippen molar-refractivity contribution in [2.45, 2.75) is 6.18 Å². The summed E-state index contributed by atoms with van der Waals surface area (Å²) in [6.07, 6.45) is -4.24. The fourth-order valence-electron chi connectivity index (χ4n) is 2.14. The van der Waals surface area contributed by atoms with Gasteiger partial charge in [-0.3, -0.25) is 24.6 Å². The van der Waals surface area contributed by atoms with Gasteiger partial charge < -0.3 is 10.4 Å². The maximum Gasteiger partial charge on any atom is 0.418 e. The third-order valence-electron chi connectivity index (χ3n) is 3.18. The van der Waals surface area contributed by atoms with E-state index in [1.54, 1.807) is 0 Å². The molecular weight excluding hydrogens is 415 g/mol. The summed E-state index contributed by atoms with van der Waals surface area (Å²) in [6, 6.07) is 1.45. The van der Waals surface area contributed by atoms with E-state index in [1.165, 1.54) is 0 Å². The number of carbonyl (C=O) groups excluding carboxylic acids is 2. The molecule has 1 aliphatic rings. The van der Waals surface area contributed by atoms with E-state index in [0.717, 1.165) is 6.07 Å². The number of aliphatic hydroxyl groups is 1. The maximum absolute atomic E-state index is 13.2. The van der Waals surface area contributed by atoms with E-state index in [1.807, 2.05) is 5.32 Å². The Bertz CT molecular complexity index is 794. The molecule has 12 heteroatoms. The van der Waals surface area contributed by atoms with Crippen LogP contribution < -0.4 is 5.32 Å². The van der Waals surface area contributed by atoms with Gasteiger partial charge in [-0.2, -0.15) is 13.2 Å². The highest BCUT2D eigenvalue weighted by Gasteiger charge is 2.39. The van der Waals surface area contributed by atoms with Crippen molar-refractivity contribution in [3.05, 3.63) is 44.1 Å². The lowest BCUT2D eigenvalue weighted by molar-refractivity contribution is -0.384. The summed E-state index contributed by atoms with van der Waals surface area (Å²) in [4.78, 5) is 34.3. The molecule has 1 aromatic carbocycles. The van der Waals surface area contributed by atoms with E-state index >= 15 is 0 Å². The van der Waals surface area contributed by atoms with Crippen LogP contribution in [0.3, 0.4) is 0 Å². The van der Waals surface area contributed by atoms with Gasteiger partial charge in [0.15, 0.2) is 0 Å². The highest BCUT2D eigenvalue weighted by Crippen LogP contribution is 2.42. The number of hydrogen-bond donors (Lipinski definition) is 2. The Morgan fingerprint density at radius 1 is 1.32 bits per heavy atom. The monoisotopic (exact) mass is 423 g/mol. The number of rotatable bonds is 5. The Labute approximate surface area is 146 Å². The van der Waals surface area contributed by atoms with Crippen LogP contribution in [0.2, 0.25) is 0 Å². The van der Waals surface area contributed by atoms with E-state index in [9.17, 15) is 32.9 Å². The van der Waals surface area contributed by atoms with Gasteiger partial charge in [-0.05, 0) is 6.07 Å². The molecular formula is C13H9BrF3N3O5. The zero-order valence-corrected chi connectivity index (χ0v) is 13.7. The molecule has 2 rings (SSSR count). The molecule has 0 radical (unpaired) electrons. The number of hydrogen-bond acceptors (Lipinski definition) is 6. The van der Waals surface area contributed by atoms with Crippen LogP contribution >= 0.6 is 15.9 Å². The number of anilines is 1. The number of benzene rings is 1. The summed E-state index contributed by atoms with van der Waals surface area (Å²) in [5.74, 6) is -1.85. The molecule has 1 heterocycles. The lowest BCUT2D eigenvalue weighted by atomic mass is 10.1. The van der Waals surface area contributed by atoms with Crippen molar-refractivity contribution in [3.63, 3.8) is 0 Å². The number of carbonyl (C=O) groups is 2. The van der Waals surface area contributed by atoms with Gasteiger partial charge in [0, 0.05) is 16.6 Å². The Morgan fingerprint density at radius 2 is 1.96 bits per heavy atom. The third-order valence-corrected chi connectivity index (χ3v) is 3.63. The first kappa shape index (κ1) is 18.9. The van der Waals surface area contributed by atoms with Gasteiger partial charge in [-0.15, -0.1) is 0 Å². The summed E-state index contributed by atoms with van der Waals surface area (Å²) in [5.41, 5.74) is -3.83. The molecule has 0 saturated carbocycles. The molecule has 0 spiro atoms. The Hall–Kier alpha value is -2.47. The number of nitro benzene ring substituents is 1. The van der Waals surface area contributed by atoms with E-state index < -0.39 is 52.2 Å². The molecule has 2 N–H and O–H groups in total. The minimum absolute atomic E-state index is 0.179. The van der Waals surface area contributed by atoms with E-state index in [0.29, 0.717) is 17.0 Å². The molecule has 25 heavy (non-hydrogen) atoms.